The van der Waals surface area contributed by atoms with Crippen LogP contribution >= 0.6 is 11.3 Å². The molecule has 0 saturated heterocycles. The molecular weight excluding hydrogens is 348 g/mol. The molecule has 1 fully saturated rings. The Labute approximate surface area is 156 Å². The quantitative estimate of drug-likeness (QED) is 0.719. The Balaban J connectivity index is 1.42. The molecule has 2 aliphatic rings. The van der Waals surface area contributed by atoms with Crippen molar-refractivity contribution in [3.63, 3.8) is 0 Å². The standard InChI is InChI=1S/C19H26N4O2S/c1-10-2-5-12-14(8-10)26-19-17(12)18(25)22-15(23-19)6-7-16(24)21-9-13(20)11-3-4-11/h10-11,13H,2-9,20H2,1H3,(H,21,24)(H,22,23,25). The molecule has 2 atom stereocenters. The van der Waals surface area contributed by atoms with E-state index in [-0.39, 0.29) is 17.5 Å². The third kappa shape index (κ3) is 3.69. The summed E-state index contributed by atoms with van der Waals surface area (Å²) >= 11 is 1.64. The first-order chi connectivity index (χ1) is 12.5. The highest BCUT2D eigenvalue weighted by Gasteiger charge is 2.28. The van der Waals surface area contributed by atoms with Crippen molar-refractivity contribution in [3.05, 3.63) is 26.6 Å². The van der Waals surface area contributed by atoms with Gasteiger partial charge in [-0.05, 0) is 49.5 Å². The first-order valence-electron chi connectivity index (χ1n) is 9.57. The fourth-order valence-corrected chi connectivity index (χ4v) is 5.16. The minimum absolute atomic E-state index is 0.0388. The summed E-state index contributed by atoms with van der Waals surface area (Å²) in [6.45, 7) is 2.78. The van der Waals surface area contributed by atoms with Gasteiger partial charge in [-0.3, -0.25) is 9.59 Å². The number of thiophene rings is 1. The summed E-state index contributed by atoms with van der Waals surface area (Å²) < 4.78 is 0. The molecule has 2 heterocycles. The van der Waals surface area contributed by atoms with E-state index in [0.717, 1.165) is 29.5 Å². The van der Waals surface area contributed by atoms with Crippen LogP contribution in [-0.4, -0.2) is 28.5 Å². The second-order valence-electron chi connectivity index (χ2n) is 7.85. The highest BCUT2D eigenvalue weighted by molar-refractivity contribution is 7.18. The molecular formula is C19H26N4O2S. The van der Waals surface area contributed by atoms with Gasteiger partial charge in [0, 0.05) is 30.3 Å². The van der Waals surface area contributed by atoms with Crippen LogP contribution in [0.4, 0.5) is 0 Å². The van der Waals surface area contributed by atoms with E-state index < -0.39 is 0 Å². The lowest BCUT2D eigenvalue weighted by Crippen LogP contribution is -2.38. The van der Waals surface area contributed by atoms with Crippen molar-refractivity contribution < 1.29 is 4.79 Å². The van der Waals surface area contributed by atoms with Crippen molar-refractivity contribution >= 4 is 27.5 Å². The minimum atomic E-state index is -0.0618. The zero-order valence-corrected chi connectivity index (χ0v) is 16.0. The SMILES string of the molecule is CC1CCc2c(sc3nc(CCC(=O)NCC(N)C4CC4)[nH]c(=O)c23)C1. The van der Waals surface area contributed by atoms with Crippen molar-refractivity contribution in [2.24, 2.45) is 17.6 Å². The number of aromatic amines is 1. The predicted molar refractivity (Wildman–Crippen MR) is 103 cm³/mol. The van der Waals surface area contributed by atoms with Gasteiger partial charge in [0.2, 0.25) is 5.91 Å². The molecule has 2 aliphatic carbocycles. The summed E-state index contributed by atoms with van der Waals surface area (Å²) in [7, 11) is 0. The molecule has 1 amide bonds. The molecule has 4 N–H and O–H groups in total. The number of aromatic nitrogens is 2. The number of rotatable bonds is 6. The lowest BCUT2D eigenvalue weighted by Gasteiger charge is -2.17. The van der Waals surface area contributed by atoms with E-state index in [0.29, 0.717) is 37.0 Å². The molecule has 1 saturated carbocycles. The molecule has 26 heavy (non-hydrogen) atoms. The number of H-pyrrole nitrogens is 1. The maximum Gasteiger partial charge on any atom is 0.259 e. The molecule has 140 valence electrons. The van der Waals surface area contributed by atoms with Gasteiger partial charge in [-0.1, -0.05) is 6.92 Å². The smallest absolute Gasteiger partial charge is 0.259 e. The Bertz CT molecular complexity index is 884. The third-order valence-electron chi connectivity index (χ3n) is 5.57. The molecule has 0 spiro atoms. The number of fused-ring (bicyclic) bond motifs is 3. The lowest BCUT2D eigenvalue weighted by molar-refractivity contribution is -0.121. The van der Waals surface area contributed by atoms with Crippen LogP contribution in [0.25, 0.3) is 10.2 Å². The van der Waals surface area contributed by atoms with Crippen molar-refractivity contribution in [2.75, 3.05) is 6.54 Å². The molecule has 0 aliphatic heterocycles. The number of carbonyl (C=O) groups excluding carboxylic acids is 1. The van der Waals surface area contributed by atoms with Crippen LogP contribution in [-0.2, 0) is 24.1 Å². The van der Waals surface area contributed by atoms with Crippen LogP contribution in [0.5, 0.6) is 0 Å². The van der Waals surface area contributed by atoms with Crippen LogP contribution in [0.3, 0.4) is 0 Å². The van der Waals surface area contributed by atoms with Crippen molar-refractivity contribution in [1.29, 1.82) is 0 Å². The molecule has 0 aromatic carbocycles. The van der Waals surface area contributed by atoms with E-state index in [9.17, 15) is 9.59 Å². The van der Waals surface area contributed by atoms with Gasteiger partial charge < -0.3 is 16.0 Å². The zero-order valence-electron chi connectivity index (χ0n) is 15.1. The van der Waals surface area contributed by atoms with E-state index in [1.165, 1.54) is 23.3 Å². The summed E-state index contributed by atoms with van der Waals surface area (Å²) in [6, 6.07) is 0.0630. The van der Waals surface area contributed by atoms with Crippen LogP contribution in [0.1, 0.15) is 48.9 Å². The van der Waals surface area contributed by atoms with Crippen molar-refractivity contribution in [1.82, 2.24) is 15.3 Å². The monoisotopic (exact) mass is 374 g/mol. The Morgan fingerprint density at radius 2 is 2.23 bits per heavy atom. The number of aryl methyl sites for hydroxylation is 2. The summed E-state index contributed by atoms with van der Waals surface area (Å²) in [5.74, 6) is 1.79. The second-order valence-corrected chi connectivity index (χ2v) is 8.93. The maximum atomic E-state index is 12.5. The minimum Gasteiger partial charge on any atom is -0.355 e. The molecule has 6 nitrogen and oxygen atoms in total. The second kappa shape index (κ2) is 7.12. The Hall–Kier alpha value is -1.73. The first kappa shape index (κ1) is 17.7. The van der Waals surface area contributed by atoms with Gasteiger partial charge >= 0.3 is 0 Å². The van der Waals surface area contributed by atoms with Gasteiger partial charge in [0.05, 0.1) is 5.39 Å². The Kier molecular flexibility index (Phi) is 4.84. The van der Waals surface area contributed by atoms with E-state index in [4.69, 9.17) is 5.73 Å². The molecule has 7 heteroatoms. The highest BCUT2D eigenvalue weighted by Crippen LogP contribution is 2.35. The molecule has 2 aromatic heterocycles. The number of hydrogen-bond donors (Lipinski definition) is 3. The Morgan fingerprint density at radius 3 is 3.00 bits per heavy atom. The first-order valence-corrected chi connectivity index (χ1v) is 10.4. The lowest BCUT2D eigenvalue weighted by atomic mass is 9.89. The topological polar surface area (TPSA) is 101 Å². The molecule has 0 bridgehead atoms. The highest BCUT2D eigenvalue weighted by atomic mass is 32.1. The van der Waals surface area contributed by atoms with Gasteiger partial charge in [0.15, 0.2) is 0 Å². The summed E-state index contributed by atoms with van der Waals surface area (Å²) in [6.07, 6.45) is 6.22. The van der Waals surface area contributed by atoms with Gasteiger partial charge in [-0.25, -0.2) is 4.98 Å². The third-order valence-corrected chi connectivity index (χ3v) is 6.71. The number of hydrogen-bond acceptors (Lipinski definition) is 5. The molecule has 2 aromatic rings. The van der Waals surface area contributed by atoms with Gasteiger partial charge in [0.1, 0.15) is 10.7 Å². The average molecular weight is 375 g/mol. The van der Waals surface area contributed by atoms with Crippen molar-refractivity contribution in [3.8, 4) is 0 Å². The summed E-state index contributed by atoms with van der Waals surface area (Å²) in [5, 5.41) is 3.65. The number of carbonyl (C=O) groups is 1. The zero-order chi connectivity index (χ0) is 18.3. The van der Waals surface area contributed by atoms with E-state index in [1.807, 2.05) is 0 Å². The van der Waals surface area contributed by atoms with E-state index in [2.05, 4.69) is 22.2 Å². The number of nitrogens with zero attached hydrogens (tertiary/aromatic N) is 1. The van der Waals surface area contributed by atoms with Crippen molar-refractivity contribution in [2.45, 2.75) is 57.9 Å². The van der Waals surface area contributed by atoms with E-state index >= 15 is 0 Å². The van der Waals surface area contributed by atoms with Gasteiger partial charge in [-0.15, -0.1) is 11.3 Å². The normalized spacial score (nSPS) is 20.8. The summed E-state index contributed by atoms with van der Waals surface area (Å²) in [4.78, 5) is 34.2. The van der Waals surface area contributed by atoms with Gasteiger partial charge in [-0.2, -0.15) is 0 Å². The molecule has 2 unspecified atom stereocenters. The van der Waals surface area contributed by atoms with Gasteiger partial charge in [0.25, 0.3) is 5.56 Å². The number of nitrogens with two attached hydrogens (primary N) is 1. The fraction of sp³-hybridized carbons (Fsp3) is 0.632. The molecule has 0 radical (unpaired) electrons. The van der Waals surface area contributed by atoms with Crippen LogP contribution in [0.2, 0.25) is 0 Å². The summed E-state index contributed by atoms with van der Waals surface area (Å²) in [5.41, 5.74) is 7.13. The average Bonchev–Trinajstić information content (AvgIpc) is 3.39. The van der Waals surface area contributed by atoms with Crippen LogP contribution in [0, 0.1) is 11.8 Å². The number of nitrogens with one attached hydrogen (secondary N) is 2. The van der Waals surface area contributed by atoms with Crippen LogP contribution in [0.15, 0.2) is 4.79 Å². The molecule has 4 rings (SSSR count). The number of amides is 1. The Morgan fingerprint density at radius 1 is 1.42 bits per heavy atom. The maximum absolute atomic E-state index is 12.5. The van der Waals surface area contributed by atoms with E-state index in [1.54, 1.807) is 11.3 Å². The predicted octanol–water partition coefficient (Wildman–Crippen LogP) is 1.90. The fourth-order valence-electron chi connectivity index (χ4n) is 3.75. The van der Waals surface area contributed by atoms with Crippen LogP contribution < -0.4 is 16.6 Å². The largest absolute Gasteiger partial charge is 0.355 e.